The number of para-hydroxylation sites is 1. The predicted molar refractivity (Wildman–Crippen MR) is 78.5 cm³/mol. The Morgan fingerprint density at radius 1 is 1.25 bits per heavy atom. The van der Waals surface area contributed by atoms with Crippen LogP contribution in [0.4, 0.5) is 4.79 Å². The van der Waals surface area contributed by atoms with E-state index in [-0.39, 0.29) is 5.75 Å². The lowest BCUT2D eigenvalue weighted by Gasteiger charge is -2.34. The summed E-state index contributed by atoms with van der Waals surface area (Å²) in [6.07, 6.45) is -0.534. The van der Waals surface area contributed by atoms with E-state index >= 15 is 0 Å². The molecule has 0 aliphatic rings. The first-order valence-electron chi connectivity index (χ1n) is 6.57. The molecule has 1 aromatic rings. The Bertz CT molecular complexity index is 478. The van der Waals surface area contributed by atoms with Crippen LogP contribution in [0, 0.1) is 0 Å². The molecule has 0 aliphatic heterocycles. The third-order valence-corrected chi connectivity index (χ3v) is 2.87. The third kappa shape index (κ3) is 4.42. The zero-order chi connectivity index (χ0) is 15.6. The van der Waals surface area contributed by atoms with Gasteiger partial charge in [-0.2, -0.15) is 0 Å². The van der Waals surface area contributed by atoms with Crippen molar-refractivity contribution in [2.24, 2.45) is 5.73 Å². The minimum atomic E-state index is -0.763. The number of hydrogen-bond donors (Lipinski definition) is 3. The SMILES string of the molecule is CC(C)(C)OC(=O)NC(C)(C)C(N)c1ccccc1O. The maximum absolute atomic E-state index is 11.8. The van der Waals surface area contributed by atoms with Gasteiger partial charge in [-0.3, -0.25) is 0 Å². The van der Waals surface area contributed by atoms with Crippen molar-refractivity contribution in [2.75, 3.05) is 0 Å². The molecule has 1 aromatic carbocycles. The number of nitrogens with one attached hydrogen (secondary N) is 1. The van der Waals surface area contributed by atoms with Crippen LogP contribution in [0.1, 0.15) is 46.2 Å². The van der Waals surface area contributed by atoms with Gasteiger partial charge in [-0.25, -0.2) is 4.79 Å². The molecule has 5 nitrogen and oxygen atoms in total. The van der Waals surface area contributed by atoms with Crippen molar-refractivity contribution in [1.29, 1.82) is 0 Å². The summed E-state index contributed by atoms with van der Waals surface area (Å²) in [6.45, 7) is 8.95. The third-order valence-electron chi connectivity index (χ3n) is 2.87. The summed E-state index contributed by atoms with van der Waals surface area (Å²) in [7, 11) is 0. The topological polar surface area (TPSA) is 84.6 Å². The van der Waals surface area contributed by atoms with Crippen molar-refractivity contribution in [3.8, 4) is 5.75 Å². The Balaban J connectivity index is 2.83. The number of nitrogens with two attached hydrogens (primary N) is 1. The van der Waals surface area contributed by atoms with Gasteiger partial charge in [0.2, 0.25) is 0 Å². The number of carbonyl (C=O) groups is 1. The molecule has 112 valence electrons. The maximum Gasteiger partial charge on any atom is 0.408 e. The monoisotopic (exact) mass is 280 g/mol. The molecule has 0 aliphatic carbocycles. The van der Waals surface area contributed by atoms with Gasteiger partial charge in [0.1, 0.15) is 11.4 Å². The summed E-state index contributed by atoms with van der Waals surface area (Å²) in [4.78, 5) is 11.8. The minimum Gasteiger partial charge on any atom is -0.508 e. The van der Waals surface area contributed by atoms with Gasteiger partial charge in [0.25, 0.3) is 0 Å². The maximum atomic E-state index is 11.8. The first kappa shape index (κ1) is 16.3. The lowest BCUT2D eigenvalue weighted by atomic mass is 9.89. The summed E-state index contributed by atoms with van der Waals surface area (Å²) in [6, 6.07) is 6.26. The second kappa shape index (κ2) is 5.71. The fourth-order valence-electron chi connectivity index (χ4n) is 1.78. The zero-order valence-corrected chi connectivity index (χ0v) is 12.7. The average Bonchev–Trinajstić information content (AvgIpc) is 2.25. The second-order valence-corrected chi connectivity index (χ2v) is 6.39. The molecule has 4 N–H and O–H groups in total. The molecule has 0 heterocycles. The van der Waals surface area contributed by atoms with Crippen LogP contribution in [0.5, 0.6) is 5.75 Å². The molecule has 0 spiro atoms. The molecule has 1 amide bonds. The summed E-state index contributed by atoms with van der Waals surface area (Å²) in [5.41, 5.74) is 5.40. The highest BCUT2D eigenvalue weighted by Crippen LogP contribution is 2.29. The molecule has 0 fully saturated rings. The predicted octanol–water partition coefficient (Wildman–Crippen LogP) is 2.70. The molecular weight excluding hydrogens is 256 g/mol. The molecular formula is C15H24N2O3. The molecule has 1 rings (SSSR count). The standard InChI is InChI=1S/C15H24N2O3/c1-14(2,3)20-13(19)17-15(4,5)12(16)10-8-6-7-9-11(10)18/h6-9,12,18H,16H2,1-5H3,(H,17,19). The summed E-state index contributed by atoms with van der Waals surface area (Å²) in [5.74, 6) is 0.110. The molecule has 20 heavy (non-hydrogen) atoms. The van der Waals surface area contributed by atoms with E-state index in [1.807, 2.05) is 0 Å². The second-order valence-electron chi connectivity index (χ2n) is 6.39. The van der Waals surface area contributed by atoms with E-state index < -0.39 is 23.3 Å². The van der Waals surface area contributed by atoms with E-state index in [0.717, 1.165) is 0 Å². The largest absolute Gasteiger partial charge is 0.508 e. The summed E-state index contributed by atoms with van der Waals surface area (Å²) in [5, 5.41) is 12.6. The lowest BCUT2D eigenvalue weighted by molar-refractivity contribution is 0.0457. The van der Waals surface area contributed by atoms with Crippen molar-refractivity contribution in [1.82, 2.24) is 5.32 Å². The van der Waals surface area contributed by atoms with Gasteiger partial charge in [0.05, 0.1) is 11.6 Å². The van der Waals surface area contributed by atoms with Crippen LogP contribution in [-0.4, -0.2) is 22.3 Å². The van der Waals surface area contributed by atoms with Gasteiger partial charge < -0.3 is 20.9 Å². The van der Waals surface area contributed by atoms with Crippen LogP contribution < -0.4 is 11.1 Å². The number of rotatable bonds is 3. The number of amides is 1. The van der Waals surface area contributed by atoms with Crippen LogP contribution in [-0.2, 0) is 4.74 Å². The van der Waals surface area contributed by atoms with Gasteiger partial charge in [0, 0.05) is 5.56 Å². The Hall–Kier alpha value is -1.75. The molecule has 5 heteroatoms. The highest BCUT2D eigenvalue weighted by Gasteiger charge is 2.32. The number of phenolic OH excluding ortho intramolecular Hbond substituents is 1. The number of aromatic hydroxyl groups is 1. The number of alkyl carbamates (subject to hydrolysis) is 1. The molecule has 0 bridgehead atoms. The van der Waals surface area contributed by atoms with Gasteiger partial charge in [-0.05, 0) is 40.7 Å². The fourth-order valence-corrected chi connectivity index (χ4v) is 1.78. The smallest absolute Gasteiger partial charge is 0.408 e. The van der Waals surface area contributed by atoms with Crippen LogP contribution in [0.25, 0.3) is 0 Å². The Morgan fingerprint density at radius 3 is 2.30 bits per heavy atom. The van der Waals surface area contributed by atoms with Crippen LogP contribution in [0.2, 0.25) is 0 Å². The van der Waals surface area contributed by atoms with Gasteiger partial charge in [-0.1, -0.05) is 18.2 Å². The highest BCUT2D eigenvalue weighted by molar-refractivity contribution is 5.69. The van der Waals surface area contributed by atoms with Crippen molar-refractivity contribution in [3.63, 3.8) is 0 Å². The van der Waals surface area contributed by atoms with E-state index in [0.29, 0.717) is 5.56 Å². The molecule has 1 atom stereocenters. The quantitative estimate of drug-likeness (QED) is 0.794. The van der Waals surface area contributed by atoms with Gasteiger partial charge in [-0.15, -0.1) is 0 Å². The number of hydrogen-bond acceptors (Lipinski definition) is 4. The molecule has 0 aromatic heterocycles. The fraction of sp³-hybridized carbons (Fsp3) is 0.533. The zero-order valence-electron chi connectivity index (χ0n) is 12.7. The highest BCUT2D eigenvalue weighted by atomic mass is 16.6. The van der Waals surface area contributed by atoms with Crippen LogP contribution in [0.3, 0.4) is 0 Å². The molecule has 1 unspecified atom stereocenters. The normalized spacial score (nSPS) is 13.7. The van der Waals surface area contributed by atoms with Crippen molar-refractivity contribution in [3.05, 3.63) is 29.8 Å². The van der Waals surface area contributed by atoms with E-state index in [2.05, 4.69) is 5.32 Å². The summed E-state index contributed by atoms with van der Waals surface area (Å²) < 4.78 is 5.22. The lowest BCUT2D eigenvalue weighted by Crippen LogP contribution is -2.52. The van der Waals surface area contributed by atoms with E-state index in [9.17, 15) is 9.90 Å². The number of ether oxygens (including phenoxy) is 1. The Kier molecular flexibility index (Phi) is 4.65. The average molecular weight is 280 g/mol. The molecule has 0 saturated heterocycles. The van der Waals surface area contributed by atoms with Crippen molar-refractivity contribution >= 4 is 6.09 Å². The Morgan fingerprint density at radius 2 is 1.80 bits per heavy atom. The van der Waals surface area contributed by atoms with Crippen LogP contribution in [0.15, 0.2) is 24.3 Å². The van der Waals surface area contributed by atoms with Gasteiger partial charge in [0.15, 0.2) is 0 Å². The van der Waals surface area contributed by atoms with E-state index in [1.165, 1.54) is 0 Å². The number of benzene rings is 1. The summed E-state index contributed by atoms with van der Waals surface area (Å²) >= 11 is 0. The molecule has 0 saturated carbocycles. The Labute approximate surface area is 120 Å². The number of phenols is 1. The molecule has 0 radical (unpaired) electrons. The van der Waals surface area contributed by atoms with E-state index in [1.54, 1.807) is 58.9 Å². The first-order chi connectivity index (χ1) is 9.03. The first-order valence-corrected chi connectivity index (χ1v) is 6.57. The van der Waals surface area contributed by atoms with Crippen molar-refractivity contribution in [2.45, 2.75) is 51.8 Å². The van der Waals surface area contributed by atoms with E-state index in [4.69, 9.17) is 10.5 Å². The number of carbonyl (C=O) groups excluding carboxylic acids is 1. The van der Waals surface area contributed by atoms with Gasteiger partial charge >= 0.3 is 6.09 Å². The van der Waals surface area contributed by atoms with Crippen LogP contribution >= 0.6 is 0 Å². The minimum absolute atomic E-state index is 0.110. The van der Waals surface area contributed by atoms with Crippen molar-refractivity contribution < 1.29 is 14.6 Å².